The summed E-state index contributed by atoms with van der Waals surface area (Å²) < 4.78 is 1.51. The van der Waals surface area contributed by atoms with Crippen LogP contribution in [0.3, 0.4) is 0 Å². The third kappa shape index (κ3) is 2.75. The lowest BCUT2D eigenvalue weighted by Crippen LogP contribution is -2.08. The van der Waals surface area contributed by atoms with Gasteiger partial charge < -0.3 is 11.1 Å². The SMILES string of the molecule is Cc1cc(N)n2nc(N[C@H](C)c3cccc(Cl)c3)nc2n1. The van der Waals surface area contributed by atoms with Crippen LogP contribution in [0.4, 0.5) is 11.8 Å². The highest BCUT2D eigenvalue weighted by Crippen LogP contribution is 2.21. The van der Waals surface area contributed by atoms with Crippen molar-refractivity contribution in [3.63, 3.8) is 0 Å². The summed E-state index contributed by atoms with van der Waals surface area (Å²) in [5, 5.41) is 8.24. The summed E-state index contributed by atoms with van der Waals surface area (Å²) in [7, 11) is 0. The number of benzene rings is 1. The van der Waals surface area contributed by atoms with E-state index in [4.69, 9.17) is 17.3 Å². The van der Waals surface area contributed by atoms with Gasteiger partial charge in [0.05, 0.1) is 6.04 Å². The van der Waals surface area contributed by atoms with E-state index < -0.39 is 0 Å². The van der Waals surface area contributed by atoms with Gasteiger partial charge in [-0.25, -0.2) is 4.98 Å². The molecule has 21 heavy (non-hydrogen) atoms. The quantitative estimate of drug-likeness (QED) is 0.777. The summed E-state index contributed by atoms with van der Waals surface area (Å²) >= 11 is 6.00. The average molecular weight is 303 g/mol. The van der Waals surface area contributed by atoms with E-state index in [1.165, 1.54) is 4.52 Å². The number of nitrogen functional groups attached to an aromatic ring is 1. The Morgan fingerprint density at radius 2 is 2.10 bits per heavy atom. The summed E-state index contributed by atoms with van der Waals surface area (Å²) in [4.78, 5) is 8.64. The van der Waals surface area contributed by atoms with Crippen LogP contribution in [0, 0.1) is 6.92 Å². The van der Waals surface area contributed by atoms with E-state index in [9.17, 15) is 0 Å². The molecule has 0 spiro atoms. The van der Waals surface area contributed by atoms with Gasteiger partial charge in [-0.1, -0.05) is 23.7 Å². The molecule has 0 aliphatic rings. The standard InChI is InChI=1S/C14H15ClN6/c1-8-6-12(16)21-14(17-8)19-13(20-21)18-9(2)10-4-3-5-11(15)7-10/h3-7,9H,16H2,1-2H3,(H,18,20)/t9-/m1/s1. The molecular weight excluding hydrogens is 288 g/mol. The summed E-state index contributed by atoms with van der Waals surface area (Å²) in [6.07, 6.45) is 0. The zero-order valence-electron chi connectivity index (χ0n) is 11.7. The lowest BCUT2D eigenvalue weighted by Gasteiger charge is -2.12. The molecule has 0 saturated carbocycles. The number of fused-ring (bicyclic) bond motifs is 1. The van der Waals surface area contributed by atoms with Crippen LogP contribution in [0.15, 0.2) is 30.3 Å². The molecule has 0 bridgehead atoms. The zero-order valence-corrected chi connectivity index (χ0v) is 12.5. The average Bonchev–Trinajstić information content (AvgIpc) is 2.81. The van der Waals surface area contributed by atoms with Crippen LogP contribution >= 0.6 is 11.6 Å². The Morgan fingerprint density at radius 3 is 2.86 bits per heavy atom. The molecule has 0 saturated heterocycles. The molecule has 0 aliphatic heterocycles. The molecule has 7 heteroatoms. The topological polar surface area (TPSA) is 81.1 Å². The van der Waals surface area contributed by atoms with Gasteiger partial charge in [0.25, 0.3) is 5.78 Å². The number of aryl methyl sites for hydroxylation is 1. The molecule has 2 aromatic heterocycles. The van der Waals surface area contributed by atoms with Gasteiger partial charge in [-0.3, -0.25) is 0 Å². The fraction of sp³-hybridized carbons (Fsp3) is 0.214. The zero-order chi connectivity index (χ0) is 15.0. The number of anilines is 2. The first kappa shape index (κ1) is 13.6. The van der Waals surface area contributed by atoms with E-state index >= 15 is 0 Å². The number of halogens is 1. The van der Waals surface area contributed by atoms with Gasteiger partial charge in [-0.2, -0.15) is 9.50 Å². The minimum absolute atomic E-state index is 0.0171. The first-order chi connectivity index (χ1) is 10.0. The van der Waals surface area contributed by atoms with E-state index in [0.29, 0.717) is 22.6 Å². The second kappa shape index (κ2) is 5.21. The van der Waals surface area contributed by atoms with Crippen LogP contribution in [-0.2, 0) is 0 Å². The Balaban J connectivity index is 1.89. The number of nitrogens with one attached hydrogen (secondary N) is 1. The van der Waals surface area contributed by atoms with Crippen LogP contribution in [0.5, 0.6) is 0 Å². The highest BCUT2D eigenvalue weighted by Gasteiger charge is 2.12. The van der Waals surface area contributed by atoms with Gasteiger partial charge in [0.1, 0.15) is 5.82 Å². The van der Waals surface area contributed by atoms with Crippen molar-refractivity contribution in [3.8, 4) is 0 Å². The molecule has 3 rings (SSSR count). The molecule has 1 atom stereocenters. The second-order valence-corrected chi connectivity index (χ2v) is 5.33. The number of aromatic nitrogens is 4. The van der Waals surface area contributed by atoms with Crippen molar-refractivity contribution in [1.82, 2.24) is 19.6 Å². The van der Waals surface area contributed by atoms with Gasteiger partial charge in [0, 0.05) is 16.8 Å². The number of hydrogen-bond acceptors (Lipinski definition) is 5. The van der Waals surface area contributed by atoms with Crippen LogP contribution in [-0.4, -0.2) is 19.6 Å². The first-order valence-corrected chi connectivity index (χ1v) is 6.92. The molecule has 3 aromatic rings. The first-order valence-electron chi connectivity index (χ1n) is 6.55. The predicted molar refractivity (Wildman–Crippen MR) is 83.4 cm³/mol. The van der Waals surface area contributed by atoms with E-state index in [1.807, 2.05) is 38.1 Å². The van der Waals surface area contributed by atoms with Crippen LogP contribution in [0.2, 0.25) is 5.02 Å². The smallest absolute Gasteiger partial charge is 0.256 e. The predicted octanol–water partition coefficient (Wildman–Crippen LogP) is 2.84. The fourth-order valence-corrected chi connectivity index (χ4v) is 2.33. The summed E-state index contributed by atoms with van der Waals surface area (Å²) in [5.41, 5.74) is 7.77. The van der Waals surface area contributed by atoms with Gasteiger partial charge in [0.15, 0.2) is 0 Å². The summed E-state index contributed by atoms with van der Waals surface area (Å²) in [5.74, 6) is 1.47. The van der Waals surface area contributed by atoms with Gasteiger partial charge in [-0.05, 0) is 31.5 Å². The lowest BCUT2D eigenvalue weighted by molar-refractivity contribution is 0.853. The van der Waals surface area contributed by atoms with Gasteiger partial charge in [-0.15, -0.1) is 5.10 Å². The number of nitrogens with zero attached hydrogens (tertiary/aromatic N) is 4. The Kier molecular flexibility index (Phi) is 3.39. The van der Waals surface area contributed by atoms with E-state index in [0.717, 1.165) is 11.3 Å². The van der Waals surface area contributed by atoms with Crippen LogP contribution < -0.4 is 11.1 Å². The van der Waals surface area contributed by atoms with Crippen molar-refractivity contribution in [2.45, 2.75) is 19.9 Å². The Hall–Kier alpha value is -2.34. The molecule has 0 radical (unpaired) electrons. The van der Waals surface area contributed by atoms with Gasteiger partial charge in [0.2, 0.25) is 5.95 Å². The maximum absolute atomic E-state index is 6.00. The summed E-state index contributed by atoms with van der Waals surface area (Å²) in [6.45, 7) is 3.88. The fourth-order valence-electron chi connectivity index (χ4n) is 2.13. The van der Waals surface area contributed by atoms with E-state index in [1.54, 1.807) is 6.07 Å². The molecule has 108 valence electrons. The molecule has 3 N–H and O–H groups in total. The van der Waals surface area contributed by atoms with Crippen molar-refractivity contribution in [2.75, 3.05) is 11.1 Å². The largest absolute Gasteiger partial charge is 0.383 e. The van der Waals surface area contributed by atoms with Crippen molar-refractivity contribution in [3.05, 3.63) is 46.6 Å². The number of rotatable bonds is 3. The lowest BCUT2D eigenvalue weighted by atomic mass is 10.1. The van der Waals surface area contributed by atoms with Crippen molar-refractivity contribution < 1.29 is 0 Å². The molecule has 2 heterocycles. The number of hydrogen-bond donors (Lipinski definition) is 2. The molecule has 6 nitrogen and oxygen atoms in total. The minimum atomic E-state index is 0.0171. The van der Waals surface area contributed by atoms with E-state index in [-0.39, 0.29) is 6.04 Å². The maximum Gasteiger partial charge on any atom is 0.256 e. The van der Waals surface area contributed by atoms with Crippen molar-refractivity contribution >= 4 is 29.1 Å². The normalized spacial score (nSPS) is 12.5. The monoisotopic (exact) mass is 302 g/mol. The summed E-state index contributed by atoms with van der Waals surface area (Å²) in [6, 6.07) is 9.43. The third-order valence-electron chi connectivity index (χ3n) is 3.16. The molecular formula is C14H15ClN6. The Bertz CT molecular complexity index is 797. The van der Waals surface area contributed by atoms with E-state index in [2.05, 4.69) is 20.4 Å². The van der Waals surface area contributed by atoms with Crippen molar-refractivity contribution in [1.29, 1.82) is 0 Å². The van der Waals surface area contributed by atoms with Crippen LogP contribution in [0.1, 0.15) is 24.2 Å². The van der Waals surface area contributed by atoms with Crippen LogP contribution in [0.25, 0.3) is 5.78 Å². The third-order valence-corrected chi connectivity index (χ3v) is 3.40. The highest BCUT2D eigenvalue weighted by molar-refractivity contribution is 6.30. The number of nitrogens with two attached hydrogens (primary N) is 1. The van der Waals surface area contributed by atoms with Gasteiger partial charge >= 0.3 is 0 Å². The Labute approximate surface area is 127 Å². The Morgan fingerprint density at radius 1 is 1.29 bits per heavy atom. The highest BCUT2D eigenvalue weighted by atomic mass is 35.5. The molecule has 0 amide bonds. The second-order valence-electron chi connectivity index (χ2n) is 4.89. The van der Waals surface area contributed by atoms with Crippen molar-refractivity contribution in [2.24, 2.45) is 0 Å². The minimum Gasteiger partial charge on any atom is -0.383 e. The maximum atomic E-state index is 6.00. The molecule has 1 aromatic carbocycles. The molecule has 0 aliphatic carbocycles. The molecule has 0 unspecified atom stereocenters. The molecule has 0 fully saturated rings.